The van der Waals surface area contributed by atoms with Gasteiger partial charge in [-0.05, 0) is 83.8 Å². The van der Waals surface area contributed by atoms with Gasteiger partial charge in [0.2, 0.25) is 0 Å². The number of amidine groups is 1. The van der Waals surface area contributed by atoms with Crippen LogP contribution in [-0.2, 0) is 29.3 Å². The lowest BCUT2D eigenvalue weighted by Gasteiger charge is -2.22. The number of nitrogens with two attached hydrogens (primary N) is 2. The molecule has 0 rings (SSSR count). The highest BCUT2D eigenvalue weighted by atomic mass is 32.2. The number of hydrogen-bond donors (Lipinski definition) is 2. The minimum atomic E-state index is -3.95. The molecule has 1 unspecified atom stereocenters. The van der Waals surface area contributed by atoms with E-state index < -0.39 is 10.2 Å². The van der Waals surface area contributed by atoms with Crippen molar-refractivity contribution in [1.29, 1.82) is 0 Å². The maximum Gasteiger partial charge on any atom is 0.318 e. The Bertz CT molecular complexity index is 931. The molecule has 0 bridgehead atoms. The van der Waals surface area contributed by atoms with Crippen molar-refractivity contribution in [2.45, 2.75) is 200 Å². The first-order chi connectivity index (χ1) is 23.6. The van der Waals surface area contributed by atoms with Gasteiger partial charge in [-0.15, -0.1) is 4.40 Å². The molecule has 0 aliphatic rings. The Kier molecular flexibility index (Phi) is 32.3. The van der Waals surface area contributed by atoms with Gasteiger partial charge in [0.25, 0.3) is 0 Å². The van der Waals surface area contributed by atoms with Crippen molar-refractivity contribution in [2.75, 3.05) is 26.2 Å². The van der Waals surface area contributed by atoms with Gasteiger partial charge in [0, 0.05) is 19.3 Å². The summed E-state index contributed by atoms with van der Waals surface area (Å²) in [7, 11) is -3.95. The Balaban J connectivity index is 4.36. The van der Waals surface area contributed by atoms with E-state index in [1.54, 1.807) is 0 Å². The van der Waals surface area contributed by atoms with Crippen molar-refractivity contribution in [3.05, 3.63) is 0 Å². The van der Waals surface area contributed by atoms with Crippen LogP contribution in [0.3, 0.4) is 0 Å². The van der Waals surface area contributed by atoms with E-state index in [4.69, 9.17) is 20.3 Å². The van der Waals surface area contributed by atoms with Gasteiger partial charge in [0.15, 0.2) is 0 Å². The normalized spacial score (nSPS) is 12.8. The van der Waals surface area contributed by atoms with Gasteiger partial charge in [-0.1, -0.05) is 111 Å². The van der Waals surface area contributed by atoms with Crippen molar-refractivity contribution in [3.8, 4) is 0 Å². The maximum absolute atomic E-state index is 12.5. The molecule has 10 nitrogen and oxygen atoms in total. The number of carbonyl (C=O) groups is 2. The zero-order chi connectivity index (χ0) is 36.4. The summed E-state index contributed by atoms with van der Waals surface area (Å²) in [6.45, 7) is 10.1. The molecule has 0 aliphatic heterocycles. The highest BCUT2D eigenvalue weighted by Crippen LogP contribution is 2.16. The van der Waals surface area contributed by atoms with E-state index in [0.717, 1.165) is 142 Å². The van der Waals surface area contributed by atoms with Gasteiger partial charge in [-0.3, -0.25) is 9.59 Å². The zero-order valence-electron chi connectivity index (χ0n) is 31.9. The van der Waals surface area contributed by atoms with Gasteiger partial charge < -0.3 is 20.1 Å². The van der Waals surface area contributed by atoms with Crippen molar-refractivity contribution in [1.82, 2.24) is 4.90 Å². The SMILES string of the molecule is CCCCCCCOC(=O)CCCCCCCN(CCCCCCCC(=O)OC(CCCC)CCCCC)CCCC/C(N)=N/S(N)(=O)=O. The van der Waals surface area contributed by atoms with Crippen molar-refractivity contribution in [3.63, 3.8) is 0 Å². The average molecular weight is 717 g/mol. The molecule has 0 aliphatic carbocycles. The van der Waals surface area contributed by atoms with Crippen LogP contribution in [0.15, 0.2) is 4.40 Å². The number of nitrogens with zero attached hydrogens (tertiary/aromatic N) is 2. The van der Waals surface area contributed by atoms with Gasteiger partial charge in [-0.25, -0.2) is 5.14 Å². The summed E-state index contributed by atoms with van der Waals surface area (Å²) in [4.78, 5) is 26.9. The molecular weight excluding hydrogens is 641 g/mol. The molecule has 1 atom stereocenters. The molecule has 290 valence electrons. The third-order valence-corrected chi connectivity index (χ3v) is 9.42. The van der Waals surface area contributed by atoms with E-state index >= 15 is 0 Å². The Morgan fingerprint density at radius 1 is 0.592 bits per heavy atom. The van der Waals surface area contributed by atoms with Gasteiger partial charge in [-0.2, -0.15) is 8.42 Å². The van der Waals surface area contributed by atoms with E-state index in [2.05, 4.69) is 30.1 Å². The molecule has 0 saturated heterocycles. The lowest BCUT2D eigenvalue weighted by molar-refractivity contribution is -0.150. The molecule has 0 spiro atoms. The fourth-order valence-corrected chi connectivity index (χ4v) is 6.40. The highest BCUT2D eigenvalue weighted by molar-refractivity contribution is 7.88. The van der Waals surface area contributed by atoms with E-state index in [9.17, 15) is 18.0 Å². The first-order valence-electron chi connectivity index (χ1n) is 20.1. The molecule has 0 fully saturated rings. The summed E-state index contributed by atoms with van der Waals surface area (Å²) in [5.41, 5.74) is 5.72. The molecule has 0 aromatic heterocycles. The second kappa shape index (κ2) is 33.4. The van der Waals surface area contributed by atoms with Crippen LogP contribution in [0.1, 0.15) is 194 Å². The third-order valence-electron chi connectivity index (χ3n) is 8.93. The van der Waals surface area contributed by atoms with Crippen LogP contribution in [0.25, 0.3) is 0 Å². The minimum Gasteiger partial charge on any atom is -0.466 e. The topological polar surface area (TPSA) is 154 Å². The van der Waals surface area contributed by atoms with Crippen LogP contribution in [0.5, 0.6) is 0 Å². The summed E-state index contributed by atoms with van der Waals surface area (Å²) < 4.78 is 36.8. The van der Waals surface area contributed by atoms with Gasteiger partial charge in [0.1, 0.15) is 11.9 Å². The summed E-state index contributed by atoms with van der Waals surface area (Å²) in [5.74, 6) is -0.0430. The lowest BCUT2D eigenvalue weighted by Crippen LogP contribution is -2.27. The first kappa shape index (κ1) is 47.3. The quantitative estimate of drug-likeness (QED) is 0.0282. The van der Waals surface area contributed by atoms with Crippen LogP contribution in [0.2, 0.25) is 0 Å². The van der Waals surface area contributed by atoms with Crippen LogP contribution < -0.4 is 10.9 Å². The van der Waals surface area contributed by atoms with Crippen LogP contribution in [0.4, 0.5) is 0 Å². The average Bonchev–Trinajstić information content (AvgIpc) is 3.05. The lowest BCUT2D eigenvalue weighted by atomic mass is 10.1. The second-order valence-corrected chi connectivity index (χ2v) is 15.0. The zero-order valence-corrected chi connectivity index (χ0v) is 32.7. The van der Waals surface area contributed by atoms with Crippen LogP contribution in [-0.4, -0.2) is 63.4 Å². The van der Waals surface area contributed by atoms with Gasteiger partial charge in [0.05, 0.1) is 6.61 Å². The molecule has 0 radical (unpaired) electrons. The summed E-state index contributed by atoms with van der Waals surface area (Å²) in [6, 6.07) is 0. The molecule has 49 heavy (non-hydrogen) atoms. The number of esters is 2. The van der Waals surface area contributed by atoms with Crippen molar-refractivity contribution in [2.24, 2.45) is 15.3 Å². The Labute approximate surface area is 301 Å². The number of carbonyl (C=O) groups excluding carboxylic acids is 2. The Morgan fingerprint density at radius 3 is 1.63 bits per heavy atom. The fraction of sp³-hybridized carbons (Fsp3) is 0.921. The van der Waals surface area contributed by atoms with E-state index in [0.29, 0.717) is 25.9 Å². The summed E-state index contributed by atoms with van der Waals surface area (Å²) >= 11 is 0. The molecule has 0 aromatic rings. The molecule has 0 heterocycles. The first-order valence-corrected chi connectivity index (χ1v) is 21.6. The number of ether oxygens (including phenoxy) is 2. The largest absolute Gasteiger partial charge is 0.466 e. The molecule has 4 N–H and O–H groups in total. The predicted molar refractivity (Wildman–Crippen MR) is 204 cm³/mol. The number of hydrogen-bond acceptors (Lipinski definition) is 7. The third kappa shape index (κ3) is 34.5. The smallest absolute Gasteiger partial charge is 0.318 e. The molecule has 0 aromatic carbocycles. The minimum absolute atomic E-state index is 0.0355. The molecule has 0 amide bonds. The van der Waals surface area contributed by atoms with E-state index in [1.165, 1.54) is 32.1 Å². The Hall–Kier alpha value is -1.72. The van der Waals surface area contributed by atoms with Crippen molar-refractivity contribution < 1.29 is 27.5 Å². The monoisotopic (exact) mass is 717 g/mol. The predicted octanol–water partition coefficient (Wildman–Crippen LogP) is 8.90. The van der Waals surface area contributed by atoms with Gasteiger partial charge >= 0.3 is 22.1 Å². The highest BCUT2D eigenvalue weighted by Gasteiger charge is 2.14. The standard InChI is InChI=1S/C38H76N4O6S/c1-4-7-10-17-25-34-47-37(43)29-19-13-11-15-22-31-42(33-24-21-28-36(39)41-49(40,45)46)32-23-16-12-14-20-30-38(44)48-35(26-9-6-3)27-18-8-5-2/h35H,4-34H2,1-3H3,(H2,39,41)(H2,40,45,46). The number of unbranched alkanes of at least 4 members (excludes halogenated alkanes) is 16. The van der Waals surface area contributed by atoms with E-state index in [1.807, 2.05) is 0 Å². The van der Waals surface area contributed by atoms with Crippen LogP contribution >= 0.6 is 0 Å². The Morgan fingerprint density at radius 2 is 1.04 bits per heavy atom. The van der Waals surface area contributed by atoms with E-state index in [-0.39, 0.29) is 23.9 Å². The van der Waals surface area contributed by atoms with Crippen molar-refractivity contribution >= 4 is 28.0 Å². The number of rotatable bonds is 36. The molecular formula is C38H76N4O6S. The summed E-state index contributed by atoms with van der Waals surface area (Å²) in [5, 5.41) is 4.96. The summed E-state index contributed by atoms with van der Waals surface area (Å²) in [6.07, 6.45) is 27.2. The maximum atomic E-state index is 12.5. The second-order valence-electron chi connectivity index (χ2n) is 13.8. The fourth-order valence-electron chi connectivity index (χ4n) is 5.98. The molecule has 11 heteroatoms. The molecule has 0 saturated carbocycles. The van der Waals surface area contributed by atoms with Crippen LogP contribution in [0, 0.1) is 0 Å².